The van der Waals surface area contributed by atoms with Gasteiger partial charge in [-0.05, 0) is 5.41 Å². The Morgan fingerprint density at radius 1 is 1.14 bits per heavy atom. The van der Waals surface area contributed by atoms with Crippen LogP contribution >= 0.6 is 0 Å². The van der Waals surface area contributed by atoms with E-state index in [1.807, 2.05) is 0 Å². The first kappa shape index (κ1) is 11.8. The van der Waals surface area contributed by atoms with Crippen LogP contribution in [-0.2, 0) is 0 Å². The average Bonchev–Trinajstić information content (AvgIpc) is 1.77. The molecule has 0 aromatic heterocycles. The molecule has 14 heavy (non-hydrogen) atoms. The molecule has 0 aliphatic carbocycles. The predicted octanol–water partition coefficient (Wildman–Crippen LogP) is 2.62. The molecule has 0 bridgehead atoms. The SMILES string of the molecule is CC(C)(C)C1(F)CN(CC(F)(F)F)C1. The summed E-state index contributed by atoms with van der Waals surface area (Å²) in [5.41, 5.74) is -2.06. The van der Waals surface area contributed by atoms with E-state index in [0.29, 0.717) is 0 Å². The molecule has 0 aromatic rings. The fraction of sp³-hybridized carbons (Fsp3) is 1.00. The van der Waals surface area contributed by atoms with Crippen molar-refractivity contribution in [3.63, 3.8) is 0 Å². The average molecular weight is 213 g/mol. The van der Waals surface area contributed by atoms with Gasteiger partial charge in [-0.1, -0.05) is 20.8 Å². The first-order chi connectivity index (χ1) is 6.04. The van der Waals surface area contributed by atoms with Gasteiger partial charge in [0, 0.05) is 13.1 Å². The second-order valence-corrected chi connectivity index (χ2v) is 4.98. The zero-order valence-electron chi connectivity index (χ0n) is 8.58. The molecule has 0 N–H and O–H groups in total. The van der Waals surface area contributed by atoms with Crippen LogP contribution in [0.5, 0.6) is 0 Å². The quantitative estimate of drug-likeness (QED) is 0.605. The summed E-state index contributed by atoms with van der Waals surface area (Å²) in [6.07, 6.45) is -4.22. The Morgan fingerprint density at radius 3 is 1.86 bits per heavy atom. The van der Waals surface area contributed by atoms with Crippen molar-refractivity contribution < 1.29 is 17.6 Å². The first-order valence-electron chi connectivity index (χ1n) is 4.52. The van der Waals surface area contributed by atoms with Gasteiger partial charge < -0.3 is 0 Å². The Morgan fingerprint density at radius 2 is 1.57 bits per heavy atom. The Bertz CT molecular complexity index is 210. The highest BCUT2D eigenvalue weighted by molar-refractivity contribution is 5.04. The van der Waals surface area contributed by atoms with E-state index in [4.69, 9.17) is 0 Å². The van der Waals surface area contributed by atoms with Gasteiger partial charge in [0.05, 0.1) is 6.54 Å². The molecular formula is C9H15F4N. The summed E-state index contributed by atoms with van der Waals surface area (Å²) >= 11 is 0. The summed E-state index contributed by atoms with van der Waals surface area (Å²) in [4.78, 5) is 1.09. The van der Waals surface area contributed by atoms with E-state index in [0.717, 1.165) is 4.90 Å². The zero-order valence-corrected chi connectivity index (χ0v) is 8.58. The zero-order chi connectivity index (χ0) is 11.2. The third-order valence-electron chi connectivity index (χ3n) is 2.70. The molecule has 1 rings (SSSR count). The number of hydrogen-bond acceptors (Lipinski definition) is 1. The van der Waals surface area contributed by atoms with Crippen LogP contribution in [0.4, 0.5) is 17.6 Å². The Hall–Kier alpha value is -0.320. The van der Waals surface area contributed by atoms with Crippen molar-refractivity contribution in [1.82, 2.24) is 4.90 Å². The van der Waals surface area contributed by atoms with E-state index in [9.17, 15) is 17.6 Å². The van der Waals surface area contributed by atoms with Gasteiger partial charge in [0.15, 0.2) is 0 Å². The summed E-state index contributed by atoms with van der Waals surface area (Å²) in [5.74, 6) is 0. The normalized spacial score (nSPS) is 23.4. The third kappa shape index (κ3) is 2.38. The van der Waals surface area contributed by atoms with Crippen molar-refractivity contribution in [1.29, 1.82) is 0 Å². The Kier molecular flexibility index (Phi) is 2.59. The second kappa shape index (κ2) is 3.08. The summed E-state index contributed by atoms with van der Waals surface area (Å²) < 4.78 is 49.6. The maximum absolute atomic E-state index is 13.8. The number of nitrogens with zero attached hydrogens (tertiary/aromatic N) is 1. The molecule has 1 nitrogen and oxygen atoms in total. The van der Waals surface area contributed by atoms with Crippen molar-refractivity contribution in [3.8, 4) is 0 Å². The van der Waals surface area contributed by atoms with Crippen LogP contribution < -0.4 is 0 Å². The molecule has 84 valence electrons. The highest BCUT2D eigenvalue weighted by atomic mass is 19.4. The minimum Gasteiger partial charge on any atom is -0.288 e. The van der Waals surface area contributed by atoms with Gasteiger partial charge in [-0.15, -0.1) is 0 Å². The van der Waals surface area contributed by atoms with Crippen LogP contribution in [0.2, 0.25) is 0 Å². The molecule has 0 atom stereocenters. The molecule has 0 unspecified atom stereocenters. The minimum atomic E-state index is -4.22. The molecule has 1 heterocycles. The molecule has 0 aromatic carbocycles. The fourth-order valence-electron chi connectivity index (χ4n) is 1.50. The Labute approximate surface area is 81.1 Å². The largest absolute Gasteiger partial charge is 0.401 e. The van der Waals surface area contributed by atoms with Crippen LogP contribution in [0.25, 0.3) is 0 Å². The van der Waals surface area contributed by atoms with Gasteiger partial charge in [-0.25, -0.2) is 4.39 Å². The Balaban J connectivity index is 2.44. The molecule has 1 aliphatic heterocycles. The number of likely N-dealkylation sites (tertiary alicyclic amines) is 1. The van der Waals surface area contributed by atoms with Gasteiger partial charge >= 0.3 is 6.18 Å². The number of alkyl halides is 4. The summed E-state index contributed by atoms with van der Waals surface area (Å²) in [7, 11) is 0. The topological polar surface area (TPSA) is 3.24 Å². The number of hydrogen-bond donors (Lipinski definition) is 0. The fourth-order valence-corrected chi connectivity index (χ4v) is 1.50. The number of rotatable bonds is 1. The molecule has 0 spiro atoms. The lowest BCUT2D eigenvalue weighted by Gasteiger charge is -2.51. The standard InChI is InChI=1S/C9H15F4N/c1-7(2,3)8(10)4-14(5-8)6-9(11,12)13/h4-6H2,1-3H3. The monoisotopic (exact) mass is 213 g/mol. The summed E-state index contributed by atoms with van der Waals surface area (Å²) in [5, 5.41) is 0. The first-order valence-corrected chi connectivity index (χ1v) is 4.52. The van der Waals surface area contributed by atoms with Crippen molar-refractivity contribution in [2.45, 2.75) is 32.6 Å². The maximum atomic E-state index is 13.8. The molecular weight excluding hydrogens is 198 g/mol. The lowest BCUT2D eigenvalue weighted by Crippen LogP contribution is -2.66. The van der Waals surface area contributed by atoms with E-state index in [2.05, 4.69) is 0 Å². The van der Waals surface area contributed by atoms with Crippen molar-refractivity contribution >= 4 is 0 Å². The van der Waals surface area contributed by atoms with Crippen molar-refractivity contribution in [3.05, 3.63) is 0 Å². The van der Waals surface area contributed by atoms with Crippen molar-refractivity contribution in [2.75, 3.05) is 19.6 Å². The van der Waals surface area contributed by atoms with Crippen LogP contribution in [0, 0.1) is 5.41 Å². The molecule has 5 heteroatoms. The third-order valence-corrected chi connectivity index (χ3v) is 2.70. The lowest BCUT2D eigenvalue weighted by atomic mass is 9.73. The van der Waals surface area contributed by atoms with Gasteiger partial charge in [0.1, 0.15) is 5.67 Å². The minimum absolute atomic E-state index is 0.115. The highest BCUT2D eigenvalue weighted by Gasteiger charge is 2.53. The second-order valence-electron chi connectivity index (χ2n) is 4.98. The van der Waals surface area contributed by atoms with Crippen LogP contribution in [-0.4, -0.2) is 36.4 Å². The van der Waals surface area contributed by atoms with E-state index >= 15 is 0 Å². The summed E-state index contributed by atoms with van der Waals surface area (Å²) in [6.45, 7) is 3.88. The smallest absolute Gasteiger partial charge is 0.288 e. The van der Waals surface area contributed by atoms with Crippen LogP contribution in [0.15, 0.2) is 0 Å². The van der Waals surface area contributed by atoms with Gasteiger partial charge in [-0.3, -0.25) is 4.90 Å². The summed E-state index contributed by atoms with van der Waals surface area (Å²) in [6, 6.07) is 0. The van der Waals surface area contributed by atoms with E-state index < -0.39 is 23.8 Å². The van der Waals surface area contributed by atoms with Crippen molar-refractivity contribution in [2.24, 2.45) is 5.41 Å². The highest BCUT2D eigenvalue weighted by Crippen LogP contribution is 2.42. The molecule has 0 amide bonds. The van der Waals surface area contributed by atoms with Crippen LogP contribution in [0.1, 0.15) is 20.8 Å². The predicted molar refractivity (Wildman–Crippen MR) is 45.8 cm³/mol. The van der Waals surface area contributed by atoms with Gasteiger partial charge in [0.2, 0.25) is 0 Å². The molecule has 0 saturated carbocycles. The van der Waals surface area contributed by atoms with Gasteiger partial charge in [-0.2, -0.15) is 13.2 Å². The van der Waals surface area contributed by atoms with E-state index in [-0.39, 0.29) is 13.1 Å². The van der Waals surface area contributed by atoms with E-state index in [1.54, 1.807) is 20.8 Å². The van der Waals surface area contributed by atoms with Gasteiger partial charge in [0.25, 0.3) is 0 Å². The molecule has 1 aliphatic rings. The lowest BCUT2D eigenvalue weighted by molar-refractivity contribution is -0.187. The molecule has 1 fully saturated rings. The molecule has 0 radical (unpaired) electrons. The molecule has 1 saturated heterocycles. The van der Waals surface area contributed by atoms with Crippen LogP contribution in [0.3, 0.4) is 0 Å². The number of halogens is 4. The maximum Gasteiger partial charge on any atom is 0.401 e. The van der Waals surface area contributed by atoms with E-state index in [1.165, 1.54) is 0 Å².